The number of rotatable bonds is 0. The molecule has 0 aliphatic rings. The zero-order valence-corrected chi connectivity index (χ0v) is 4.19. The molecule has 0 aliphatic carbocycles. The summed E-state index contributed by atoms with van der Waals surface area (Å²) in [6.07, 6.45) is 0. The molecular formula is HBCl2S. The van der Waals surface area contributed by atoms with Crippen molar-refractivity contribution in [2.24, 2.45) is 0 Å². The van der Waals surface area contributed by atoms with Crippen molar-refractivity contribution in [3.8, 4) is 0 Å². The Kier molecular flexibility index (Phi) is 2.80. The molecule has 0 atom stereocenters. The molecule has 0 N–H and O–H groups in total. The van der Waals surface area contributed by atoms with Gasteiger partial charge in [-0.25, -0.2) is 0 Å². The van der Waals surface area contributed by atoms with Crippen LogP contribution < -0.4 is 0 Å². The summed E-state index contributed by atoms with van der Waals surface area (Å²) in [4.78, 5) is -0.528. The quantitative estimate of drug-likeness (QED) is 0.357. The molecule has 24 valence electrons. The lowest BCUT2D eigenvalue weighted by molar-refractivity contribution is 4.23. The molecule has 0 heterocycles. The van der Waals surface area contributed by atoms with Gasteiger partial charge in [0, 0.05) is 0 Å². The number of halogens is 2. The molecular weight excluding hydrogens is 114 g/mol. The highest BCUT2D eigenvalue weighted by atomic mass is 35.5. The first kappa shape index (κ1) is 4.99. The molecule has 0 aliphatic heterocycles. The summed E-state index contributed by atoms with van der Waals surface area (Å²) in [6, 6.07) is 0. The molecule has 0 fully saturated rings. The monoisotopic (exact) mass is 114 g/mol. The van der Waals surface area contributed by atoms with Gasteiger partial charge in [-0.3, -0.25) is 0 Å². The van der Waals surface area contributed by atoms with Crippen LogP contribution in [-0.2, 0) is 0 Å². The third-order valence-corrected chi connectivity index (χ3v) is 0. The predicted molar refractivity (Wildman–Crippen MR) is 26.4 cm³/mol. The van der Waals surface area contributed by atoms with Crippen LogP contribution in [0.1, 0.15) is 0 Å². The Balaban J connectivity index is 2.32. The highest BCUT2D eigenvalue weighted by molar-refractivity contribution is 8.21. The van der Waals surface area contributed by atoms with Crippen LogP contribution in [0.2, 0.25) is 0 Å². The summed E-state index contributed by atoms with van der Waals surface area (Å²) >= 11 is 13.3. The lowest BCUT2D eigenvalue weighted by Crippen LogP contribution is -1.66. The number of hydrogen-bond donors (Lipinski definition) is 1. The summed E-state index contributed by atoms with van der Waals surface area (Å²) in [6.45, 7) is 0. The lowest BCUT2D eigenvalue weighted by Gasteiger charge is -1.63. The van der Waals surface area contributed by atoms with Crippen LogP contribution in [0, 0.1) is 0 Å². The third-order valence-electron chi connectivity index (χ3n) is 0. The molecule has 0 saturated carbocycles. The van der Waals surface area contributed by atoms with Gasteiger partial charge >= 0.3 is 4.82 Å². The van der Waals surface area contributed by atoms with Gasteiger partial charge < -0.3 is 0 Å². The van der Waals surface area contributed by atoms with Crippen molar-refractivity contribution < 1.29 is 0 Å². The van der Waals surface area contributed by atoms with Crippen molar-refractivity contribution in [1.29, 1.82) is 0 Å². The van der Waals surface area contributed by atoms with Gasteiger partial charge in [0.25, 0.3) is 0 Å². The summed E-state index contributed by atoms with van der Waals surface area (Å²) in [5, 5.41) is 0. The molecule has 0 bridgehead atoms. The topological polar surface area (TPSA) is 0 Å². The van der Waals surface area contributed by atoms with E-state index in [1.54, 1.807) is 0 Å². The molecule has 0 aromatic heterocycles. The van der Waals surface area contributed by atoms with Gasteiger partial charge in [0.2, 0.25) is 0 Å². The Bertz CT molecular complexity index is 10.8. The number of thiol groups is 1. The first-order valence-corrected chi connectivity index (χ1v) is 2.08. The molecule has 0 nitrogen and oxygen atoms in total. The van der Waals surface area contributed by atoms with E-state index >= 15 is 0 Å². The van der Waals surface area contributed by atoms with E-state index in [0.29, 0.717) is 0 Å². The van der Waals surface area contributed by atoms with E-state index in [1.807, 2.05) is 0 Å². The minimum atomic E-state index is -0.528. The smallest absolute Gasteiger partial charge is 0.191 e. The summed E-state index contributed by atoms with van der Waals surface area (Å²) < 4.78 is 0. The summed E-state index contributed by atoms with van der Waals surface area (Å²) in [5.41, 5.74) is 0. The zero-order chi connectivity index (χ0) is 3.58. The first-order chi connectivity index (χ1) is 1.73. The summed E-state index contributed by atoms with van der Waals surface area (Å²) in [5.74, 6) is 0. The van der Waals surface area contributed by atoms with E-state index in [0.717, 1.165) is 0 Å². The minimum Gasteiger partial charge on any atom is -0.191 e. The molecule has 0 amide bonds. The third kappa shape index (κ3) is 12.0. The van der Waals surface area contributed by atoms with Crippen molar-refractivity contribution in [3.05, 3.63) is 0 Å². The maximum absolute atomic E-state index is 4.90. The van der Waals surface area contributed by atoms with Gasteiger partial charge in [-0.15, -0.1) is 0 Å². The maximum atomic E-state index is 4.90. The van der Waals surface area contributed by atoms with Crippen molar-refractivity contribution in [2.45, 2.75) is 0 Å². The van der Waals surface area contributed by atoms with Crippen LogP contribution in [0.3, 0.4) is 0 Å². The van der Waals surface area contributed by atoms with Crippen LogP contribution >= 0.6 is 35.4 Å². The van der Waals surface area contributed by atoms with Crippen molar-refractivity contribution in [2.75, 3.05) is 0 Å². The fourth-order valence-electron chi connectivity index (χ4n) is 0. The first-order valence-electron chi connectivity index (χ1n) is 0.695. The molecule has 0 unspecified atom stereocenters. The van der Waals surface area contributed by atoms with Gasteiger partial charge in [-0.1, -0.05) is 0 Å². The molecule has 0 aromatic carbocycles. The van der Waals surface area contributed by atoms with E-state index in [-0.39, 0.29) is 0 Å². The van der Waals surface area contributed by atoms with E-state index in [1.165, 1.54) is 0 Å². The van der Waals surface area contributed by atoms with E-state index in [2.05, 4.69) is 12.5 Å². The van der Waals surface area contributed by atoms with Crippen molar-refractivity contribution in [1.82, 2.24) is 0 Å². The van der Waals surface area contributed by atoms with Crippen LogP contribution in [-0.4, -0.2) is 4.82 Å². The Morgan fingerprint density at radius 3 is 1.50 bits per heavy atom. The maximum Gasteiger partial charge on any atom is 0.410 e. The molecule has 0 spiro atoms. The largest absolute Gasteiger partial charge is 0.410 e. The van der Waals surface area contributed by atoms with E-state index < -0.39 is 4.82 Å². The Morgan fingerprint density at radius 2 is 1.50 bits per heavy atom. The van der Waals surface area contributed by atoms with Crippen LogP contribution in [0.4, 0.5) is 0 Å². The normalized spacial score (nSPS) is 6.75. The van der Waals surface area contributed by atoms with E-state index in [9.17, 15) is 0 Å². The predicted octanol–water partition coefficient (Wildman–Crippen LogP) is 1.38. The minimum absolute atomic E-state index is 0.528. The standard InChI is InChI=1S/BCl2HS/c2-1(3)4/h4H. The molecule has 0 aromatic rings. The highest BCUT2D eigenvalue weighted by Crippen LogP contribution is 1.96. The Morgan fingerprint density at radius 1 is 1.50 bits per heavy atom. The van der Waals surface area contributed by atoms with Crippen LogP contribution in [0.25, 0.3) is 0 Å². The highest BCUT2D eigenvalue weighted by Gasteiger charge is 1.88. The Labute approximate surface area is 40.7 Å². The SMILES string of the molecule is SB(Cl)Cl. The average molecular weight is 115 g/mol. The van der Waals surface area contributed by atoms with Crippen LogP contribution in [0.15, 0.2) is 0 Å². The van der Waals surface area contributed by atoms with Gasteiger partial charge in [0.1, 0.15) is 0 Å². The van der Waals surface area contributed by atoms with E-state index in [4.69, 9.17) is 22.9 Å². The molecule has 0 saturated heterocycles. The van der Waals surface area contributed by atoms with Gasteiger partial charge in [-0.05, 0) is 0 Å². The molecule has 4 heavy (non-hydrogen) atoms. The second kappa shape index (κ2) is 2.25. The zero-order valence-electron chi connectivity index (χ0n) is 1.78. The fourth-order valence-corrected chi connectivity index (χ4v) is 0. The van der Waals surface area contributed by atoms with Crippen molar-refractivity contribution in [3.63, 3.8) is 0 Å². The summed E-state index contributed by atoms with van der Waals surface area (Å²) in [7, 11) is 0. The molecule has 0 radical (unpaired) electrons. The second-order valence-corrected chi connectivity index (χ2v) is 2.50. The molecule has 4 heteroatoms. The Hall–Kier alpha value is 0.995. The van der Waals surface area contributed by atoms with Gasteiger partial charge in [0.05, 0.1) is 0 Å². The molecule has 0 rings (SSSR count). The number of hydrogen-bond acceptors (Lipinski definition) is 1. The van der Waals surface area contributed by atoms with Gasteiger partial charge in [-0.2, -0.15) is 35.4 Å². The van der Waals surface area contributed by atoms with Gasteiger partial charge in [0.15, 0.2) is 0 Å². The van der Waals surface area contributed by atoms with Crippen molar-refractivity contribution >= 4 is 40.2 Å². The average Bonchev–Trinajstić information content (AvgIpc) is 0.811. The lowest BCUT2D eigenvalue weighted by atomic mass is 10.7. The van der Waals surface area contributed by atoms with Crippen LogP contribution in [0.5, 0.6) is 0 Å². The second-order valence-electron chi connectivity index (χ2n) is 0.278. The fraction of sp³-hybridized carbons (Fsp3) is 0.